The molecule has 0 aromatic carbocycles. The second kappa shape index (κ2) is 7.73. The Bertz CT molecular complexity index is 1110. The molecule has 0 aliphatic heterocycles. The van der Waals surface area contributed by atoms with E-state index in [0.29, 0.717) is 0 Å². The molecule has 138 valence electrons. The summed E-state index contributed by atoms with van der Waals surface area (Å²) < 4.78 is 2.05. The lowest BCUT2D eigenvalue weighted by atomic mass is 10.1. The Hall–Kier alpha value is -2.33. The van der Waals surface area contributed by atoms with Crippen molar-refractivity contribution >= 4 is 46.5 Å². The normalized spacial score (nSPS) is 10.9. The zero-order valence-electron chi connectivity index (χ0n) is 15.2. The molecule has 1 N–H and O–H groups in total. The van der Waals surface area contributed by atoms with E-state index in [1.54, 1.807) is 35.1 Å². The molecule has 7 heteroatoms. The van der Waals surface area contributed by atoms with Crippen molar-refractivity contribution in [3.05, 3.63) is 58.0 Å². The van der Waals surface area contributed by atoms with Crippen molar-refractivity contribution in [1.29, 1.82) is 0 Å². The maximum atomic E-state index is 4.79. The highest BCUT2D eigenvalue weighted by atomic mass is 35.5. The van der Waals surface area contributed by atoms with Crippen LogP contribution in [0.15, 0.2) is 48.2 Å². The summed E-state index contributed by atoms with van der Waals surface area (Å²) in [6.45, 7) is 6.43. The van der Waals surface area contributed by atoms with Gasteiger partial charge in [-0.2, -0.15) is 0 Å². The Labute approximate surface area is 172 Å². The van der Waals surface area contributed by atoms with Crippen molar-refractivity contribution in [2.75, 3.05) is 5.32 Å². The van der Waals surface area contributed by atoms with Gasteiger partial charge in [0.1, 0.15) is 11.5 Å². The first-order valence-corrected chi connectivity index (χ1v) is 9.95. The number of hydrogen-bond acceptors (Lipinski definition) is 5. The van der Waals surface area contributed by atoms with Crippen molar-refractivity contribution in [3.63, 3.8) is 0 Å². The smallest absolute Gasteiger partial charge is 0.157 e. The Balaban J connectivity index is 0.00000210. The van der Waals surface area contributed by atoms with Crippen LogP contribution >= 0.6 is 35.1 Å². The molecule has 0 saturated carbocycles. The first-order valence-electron chi connectivity index (χ1n) is 8.26. The van der Waals surface area contributed by atoms with Crippen molar-refractivity contribution < 1.29 is 0 Å². The molecule has 0 aliphatic rings. The fourth-order valence-corrected chi connectivity index (χ4v) is 3.98. The SMILES string of the molecule is CC(C)(C)Nc1c(-c2ccc(C#Cc3cccs3)s2)nc2cnccn12.Cl. The standard InChI is InChI=1S/C20H18N4S2.ClH/c1-20(2,3)23-19-18(22-17-13-21-10-11-24(17)19)16-9-8-15(26-16)7-6-14-5-4-12-25-14;/h4-5,8-13,23H,1-3H3;1H. The molecule has 27 heavy (non-hydrogen) atoms. The number of nitrogens with zero attached hydrogens (tertiary/aromatic N) is 3. The second-order valence-corrected chi connectivity index (χ2v) is 8.91. The average molecular weight is 415 g/mol. The fourth-order valence-electron chi connectivity index (χ4n) is 2.56. The van der Waals surface area contributed by atoms with Crippen molar-refractivity contribution in [2.45, 2.75) is 26.3 Å². The summed E-state index contributed by atoms with van der Waals surface area (Å²) in [5.41, 5.74) is 1.68. The lowest BCUT2D eigenvalue weighted by Gasteiger charge is -2.22. The van der Waals surface area contributed by atoms with Gasteiger partial charge in [-0.25, -0.2) is 4.98 Å². The molecule has 0 spiro atoms. The first kappa shape index (κ1) is 19.4. The molecule has 0 amide bonds. The van der Waals surface area contributed by atoms with Crippen LogP contribution in [0.4, 0.5) is 5.82 Å². The summed E-state index contributed by atoms with van der Waals surface area (Å²) in [7, 11) is 0. The number of thiophene rings is 2. The number of fused-ring (bicyclic) bond motifs is 1. The van der Waals surface area contributed by atoms with Gasteiger partial charge in [0, 0.05) is 17.9 Å². The number of aromatic nitrogens is 3. The van der Waals surface area contributed by atoms with E-state index in [4.69, 9.17) is 4.98 Å². The van der Waals surface area contributed by atoms with Gasteiger partial charge in [0.2, 0.25) is 0 Å². The predicted octanol–water partition coefficient (Wildman–Crippen LogP) is 5.55. The van der Waals surface area contributed by atoms with E-state index in [0.717, 1.165) is 31.8 Å². The predicted molar refractivity (Wildman–Crippen MR) is 117 cm³/mol. The zero-order chi connectivity index (χ0) is 18.1. The van der Waals surface area contributed by atoms with Gasteiger partial charge in [-0.05, 0) is 56.2 Å². The van der Waals surface area contributed by atoms with E-state index < -0.39 is 0 Å². The fraction of sp³-hybridized carbons (Fsp3) is 0.200. The third-order valence-electron chi connectivity index (χ3n) is 3.59. The van der Waals surface area contributed by atoms with Crippen molar-refractivity contribution in [3.8, 4) is 22.4 Å². The Morgan fingerprint density at radius 2 is 1.93 bits per heavy atom. The molecule has 4 nitrogen and oxygen atoms in total. The Morgan fingerprint density at radius 3 is 2.67 bits per heavy atom. The Kier molecular flexibility index (Phi) is 5.56. The number of halogens is 1. The van der Waals surface area contributed by atoms with Crippen LogP contribution in [0.1, 0.15) is 30.5 Å². The highest BCUT2D eigenvalue weighted by Crippen LogP contribution is 2.34. The number of imidazole rings is 1. The molecule has 0 saturated heterocycles. The highest BCUT2D eigenvalue weighted by molar-refractivity contribution is 7.16. The lowest BCUT2D eigenvalue weighted by molar-refractivity contribution is 0.629. The van der Waals surface area contributed by atoms with E-state index in [9.17, 15) is 0 Å². The average Bonchev–Trinajstić information content (AvgIpc) is 3.32. The number of anilines is 1. The zero-order valence-corrected chi connectivity index (χ0v) is 17.6. The summed E-state index contributed by atoms with van der Waals surface area (Å²) in [6, 6.07) is 8.20. The maximum Gasteiger partial charge on any atom is 0.157 e. The van der Waals surface area contributed by atoms with E-state index in [1.165, 1.54) is 0 Å². The van der Waals surface area contributed by atoms with E-state index in [-0.39, 0.29) is 17.9 Å². The van der Waals surface area contributed by atoms with E-state index >= 15 is 0 Å². The summed E-state index contributed by atoms with van der Waals surface area (Å²) >= 11 is 3.31. The molecule has 0 radical (unpaired) electrons. The van der Waals surface area contributed by atoms with Crippen LogP contribution in [0.25, 0.3) is 16.2 Å². The molecule has 0 bridgehead atoms. The van der Waals surface area contributed by atoms with E-state index in [1.807, 2.05) is 28.1 Å². The van der Waals surface area contributed by atoms with Gasteiger partial charge in [-0.1, -0.05) is 6.07 Å². The molecule has 0 aliphatic carbocycles. The van der Waals surface area contributed by atoms with Gasteiger partial charge in [-0.3, -0.25) is 9.38 Å². The van der Waals surface area contributed by atoms with Crippen LogP contribution in [-0.4, -0.2) is 19.9 Å². The van der Waals surface area contributed by atoms with Gasteiger partial charge in [0.25, 0.3) is 0 Å². The molecule has 0 fully saturated rings. The monoisotopic (exact) mass is 414 g/mol. The van der Waals surface area contributed by atoms with Crippen LogP contribution in [0.3, 0.4) is 0 Å². The summed E-state index contributed by atoms with van der Waals surface area (Å²) in [5.74, 6) is 7.44. The van der Waals surface area contributed by atoms with Crippen LogP contribution < -0.4 is 5.32 Å². The summed E-state index contributed by atoms with van der Waals surface area (Å²) in [5, 5.41) is 5.62. The number of rotatable bonds is 2. The molecular weight excluding hydrogens is 396 g/mol. The van der Waals surface area contributed by atoms with Crippen LogP contribution in [0.5, 0.6) is 0 Å². The van der Waals surface area contributed by atoms with Gasteiger partial charge < -0.3 is 5.32 Å². The quantitative estimate of drug-likeness (QED) is 0.437. The number of nitrogens with one attached hydrogen (secondary N) is 1. The second-order valence-electron chi connectivity index (χ2n) is 6.88. The minimum Gasteiger partial charge on any atom is -0.365 e. The van der Waals surface area contributed by atoms with Gasteiger partial charge in [-0.15, -0.1) is 35.1 Å². The van der Waals surface area contributed by atoms with Crippen LogP contribution in [0, 0.1) is 11.8 Å². The van der Waals surface area contributed by atoms with Gasteiger partial charge in [0.05, 0.1) is 20.8 Å². The summed E-state index contributed by atoms with van der Waals surface area (Å²) in [4.78, 5) is 12.2. The lowest BCUT2D eigenvalue weighted by Crippen LogP contribution is -2.27. The minimum atomic E-state index is -0.0763. The third kappa shape index (κ3) is 4.33. The Morgan fingerprint density at radius 1 is 1.11 bits per heavy atom. The van der Waals surface area contributed by atoms with Gasteiger partial charge in [0.15, 0.2) is 5.65 Å². The summed E-state index contributed by atoms with van der Waals surface area (Å²) in [6.07, 6.45) is 5.49. The largest absolute Gasteiger partial charge is 0.365 e. The molecule has 4 rings (SSSR count). The highest BCUT2D eigenvalue weighted by Gasteiger charge is 2.20. The molecule has 4 aromatic heterocycles. The molecule has 4 heterocycles. The van der Waals surface area contributed by atoms with Crippen LogP contribution in [-0.2, 0) is 0 Å². The topological polar surface area (TPSA) is 42.2 Å². The maximum absolute atomic E-state index is 4.79. The van der Waals surface area contributed by atoms with Gasteiger partial charge >= 0.3 is 0 Å². The molecule has 0 unspecified atom stereocenters. The first-order chi connectivity index (χ1) is 12.5. The third-order valence-corrected chi connectivity index (χ3v) is 5.39. The van der Waals surface area contributed by atoms with E-state index in [2.05, 4.69) is 55.0 Å². The van der Waals surface area contributed by atoms with Crippen molar-refractivity contribution in [1.82, 2.24) is 14.4 Å². The molecule has 4 aromatic rings. The number of hydrogen-bond donors (Lipinski definition) is 1. The molecular formula is C20H19ClN4S2. The minimum absolute atomic E-state index is 0. The van der Waals surface area contributed by atoms with Crippen molar-refractivity contribution in [2.24, 2.45) is 0 Å². The molecule has 0 atom stereocenters. The van der Waals surface area contributed by atoms with Crippen LogP contribution in [0.2, 0.25) is 0 Å².